The number of hydrogen-bond donors (Lipinski definition) is 0. The zero-order valence-corrected chi connectivity index (χ0v) is 13.1. The number of nitrogens with zero attached hydrogens (tertiary/aromatic N) is 2. The van der Waals surface area contributed by atoms with Crippen molar-refractivity contribution in [1.29, 1.82) is 0 Å². The van der Waals surface area contributed by atoms with E-state index in [4.69, 9.17) is 9.47 Å². The molecule has 0 amide bonds. The number of fused-ring (bicyclic) bond motifs is 1. The van der Waals surface area contributed by atoms with Crippen LogP contribution in [0.3, 0.4) is 0 Å². The van der Waals surface area contributed by atoms with Crippen LogP contribution >= 0.6 is 0 Å². The van der Waals surface area contributed by atoms with E-state index >= 15 is 0 Å². The molecule has 2 aliphatic rings. The molecule has 0 spiro atoms. The first-order valence-electron chi connectivity index (χ1n) is 7.65. The van der Waals surface area contributed by atoms with Crippen molar-refractivity contribution >= 4 is 0 Å². The predicted octanol–water partition coefficient (Wildman–Crippen LogP) is 2.89. The number of ether oxygens (including phenoxy) is 2. The standard InChI is InChI=1S/C17H24N2O2/c1-12-4-5-13-9-19(10-14(13)8-12)11-15-17(21-3)16(20-2)6-7-18-15/h4,6-7,13-14H,5,8-11H2,1-3H3/t13-,14+/m0/s1. The van der Waals surface area contributed by atoms with Crippen LogP contribution < -0.4 is 9.47 Å². The molecule has 2 atom stereocenters. The highest BCUT2D eigenvalue weighted by Crippen LogP contribution is 2.37. The van der Waals surface area contributed by atoms with Gasteiger partial charge in [0.05, 0.1) is 14.2 Å². The summed E-state index contributed by atoms with van der Waals surface area (Å²) in [7, 11) is 3.35. The molecule has 0 N–H and O–H groups in total. The number of allylic oxidation sites excluding steroid dienone is 2. The van der Waals surface area contributed by atoms with E-state index in [9.17, 15) is 0 Å². The van der Waals surface area contributed by atoms with Crippen LogP contribution in [0.15, 0.2) is 23.9 Å². The summed E-state index contributed by atoms with van der Waals surface area (Å²) in [6.45, 7) is 5.42. The summed E-state index contributed by atoms with van der Waals surface area (Å²) in [5.41, 5.74) is 2.52. The number of pyridine rings is 1. The second-order valence-corrected chi connectivity index (χ2v) is 6.20. The van der Waals surface area contributed by atoms with E-state index in [1.54, 1.807) is 26.0 Å². The molecule has 0 saturated carbocycles. The van der Waals surface area contributed by atoms with E-state index in [2.05, 4.69) is 22.9 Å². The van der Waals surface area contributed by atoms with Gasteiger partial charge in [-0.3, -0.25) is 9.88 Å². The van der Waals surface area contributed by atoms with Crippen molar-refractivity contribution in [3.8, 4) is 11.5 Å². The molecule has 1 saturated heterocycles. The molecule has 1 aliphatic carbocycles. The van der Waals surface area contributed by atoms with E-state index < -0.39 is 0 Å². The Morgan fingerprint density at radius 3 is 2.81 bits per heavy atom. The van der Waals surface area contributed by atoms with Gasteiger partial charge in [-0.15, -0.1) is 0 Å². The molecule has 0 radical (unpaired) electrons. The van der Waals surface area contributed by atoms with E-state index in [-0.39, 0.29) is 0 Å². The van der Waals surface area contributed by atoms with Crippen molar-refractivity contribution in [3.63, 3.8) is 0 Å². The van der Waals surface area contributed by atoms with Gasteiger partial charge in [-0.25, -0.2) is 0 Å². The van der Waals surface area contributed by atoms with Gasteiger partial charge in [-0.2, -0.15) is 0 Å². The molecule has 1 aliphatic heterocycles. The highest BCUT2D eigenvalue weighted by molar-refractivity contribution is 5.42. The summed E-state index contributed by atoms with van der Waals surface area (Å²) in [6, 6.07) is 1.85. The maximum absolute atomic E-state index is 5.49. The highest BCUT2D eigenvalue weighted by Gasteiger charge is 2.34. The number of aromatic nitrogens is 1. The van der Waals surface area contributed by atoms with E-state index in [0.29, 0.717) is 0 Å². The van der Waals surface area contributed by atoms with E-state index in [0.717, 1.165) is 48.7 Å². The Morgan fingerprint density at radius 1 is 1.24 bits per heavy atom. The van der Waals surface area contributed by atoms with Crippen LogP contribution in [0.2, 0.25) is 0 Å². The maximum Gasteiger partial charge on any atom is 0.183 e. The van der Waals surface area contributed by atoms with E-state index in [1.165, 1.54) is 12.8 Å². The third-order valence-corrected chi connectivity index (χ3v) is 4.74. The lowest BCUT2D eigenvalue weighted by atomic mass is 9.83. The first-order chi connectivity index (χ1) is 10.2. The van der Waals surface area contributed by atoms with Crippen molar-refractivity contribution in [2.24, 2.45) is 11.8 Å². The van der Waals surface area contributed by atoms with Crippen molar-refractivity contribution in [2.45, 2.75) is 26.3 Å². The van der Waals surface area contributed by atoms with E-state index in [1.807, 2.05) is 6.07 Å². The van der Waals surface area contributed by atoms with Gasteiger partial charge in [0.2, 0.25) is 0 Å². The summed E-state index contributed by atoms with van der Waals surface area (Å²) < 4.78 is 10.8. The molecule has 21 heavy (non-hydrogen) atoms. The maximum atomic E-state index is 5.49. The van der Waals surface area contributed by atoms with Crippen molar-refractivity contribution in [2.75, 3.05) is 27.3 Å². The highest BCUT2D eigenvalue weighted by atomic mass is 16.5. The molecule has 2 heterocycles. The van der Waals surface area contributed by atoms with Crippen molar-refractivity contribution < 1.29 is 9.47 Å². The first kappa shape index (κ1) is 14.4. The smallest absolute Gasteiger partial charge is 0.183 e. The Morgan fingerprint density at radius 2 is 2.05 bits per heavy atom. The van der Waals surface area contributed by atoms with Crippen LogP contribution in [0.25, 0.3) is 0 Å². The molecule has 0 aromatic carbocycles. The molecular formula is C17H24N2O2. The Hall–Kier alpha value is -1.55. The van der Waals surface area contributed by atoms with Gasteiger partial charge in [0.1, 0.15) is 5.69 Å². The molecule has 1 aromatic heterocycles. The van der Waals surface area contributed by atoms with Gasteiger partial charge in [-0.1, -0.05) is 11.6 Å². The molecule has 0 bridgehead atoms. The molecule has 1 fully saturated rings. The number of rotatable bonds is 4. The lowest BCUT2D eigenvalue weighted by Crippen LogP contribution is -2.21. The normalized spacial score (nSPS) is 25.4. The van der Waals surface area contributed by atoms with Crippen LogP contribution in [0.5, 0.6) is 11.5 Å². The summed E-state index contributed by atoms with van der Waals surface area (Å²) in [6.07, 6.45) is 6.69. The van der Waals surface area contributed by atoms with Crippen LogP contribution in [0.1, 0.15) is 25.5 Å². The Bertz CT molecular complexity index is 542. The minimum Gasteiger partial charge on any atom is -0.493 e. The largest absolute Gasteiger partial charge is 0.493 e. The average Bonchev–Trinajstić information content (AvgIpc) is 2.88. The molecule has 4 nitrogen and oxygen atoms in total. The van der Waals surface area contributed by atoms with Crippen LogP contribution in [-0.2, 0) is 6.54 Å². The summed E-state index contributed by atoms with van der Waals surface area (Å²) in [5.74, 6) is 3.15. The molecular weight excluding hydrogens is 264 g/mol. The summed E-state index contributed by atoms with van der Waals surface area (Å²) in [5, 5.41) is 0. The minimum atomic E-state index is 0.761. The fourth-order valence-corrected chi connectivity index (χ4v) is 3.69. The molecule has 1 aromatic rings. The van der Waals surface area contributed by atoms with Gasteiger partial charge in [-0.05, 0) is 31.6 Å². The monoisotopic (exact) mass is 288 g/mol. The summed E-state index contributed by atoms with van der Waals surface area (Å²) in [4.78, 5) is 7.00. The number of likely N-dealkylation sites (tertiary alicyclic amines) is 1. The van der Waals surface area contributed by atoms with Crippen LogP contribution in [0, 0.1) is 11.8 Å². The van der Waals surface area contributed by atoms with Gasteiger partial charge in [0.15, 0.2) is 11.5 Å². The zero-order valence-electron chi connectivity index (χ0n) is 13.1. The third-order valence-electron chi connectivity index (χ3n) is 4.74. The van der Waals surface area contributed by atoms with Gasteiger partial charge >= 0.3 is 0 Å². The van der Waals surface area contributed by atoms with Gasteiger partial charge < -0.3 is 9.47 Å². The topological polar surface area (TPSA) is 34.6 Å². The molecule has 4 heteroatoms. The predicted molar refractivity (Wildman–Crippen MR) is 82.6 cm³/mol. The van der Waals surface area contributed by atoms with Crippen LogP contribution in [-0.4, -0.2) is 37.2 Å². The lowest BCUT2D eigenvalue weighted by Gasteiger charge is -2.22. The molecule has 0 unspecified atom stereocenters. The number of methoxy groups -OCH3 is 2. The molecule has 3 rings (SSSR count). The summed E-state index contributed by atoms with van der Waals surface area (Å²) >= 11 is 0. The Balaban J connectivity index is 1.71. The average molecular weight is 288 g/mol. The Kier molecular flexibility index (Phi) is 4.15. The third kappa shape index (κ3) is 2.91. The SMILES string of the molecule is COc1ccnc(CN2C[C@H]3CC(C)=CC[C@H]3C2)c1OC. The molecule has 114 valence electrons. The number of hydrogen-bond acceptors (Lipinski definition) is 4. The van der Waals surface area contributed by atoms with Gasteiger partial charge in [0.25, 0.3) is 0 Å². The second kappa shape index (κ2) is 6.06. The Labute approximate surface area is 126 Å². The van der Waals surface area contributed by atoms with Crippen LogP contribution in [0.4, 0.5) is 0 Å². The van der Waals surface area contributed by atoms with Crippen molar-refractivity contribution in [3.05, 3.63) is 29.6 Å². The lowest BCUT2D eigenvalue weighted by molar-refractivity contribution is 0.294. The zero-order chi connectivity index (χ0) is 14.8. The van der Waals surface area contributed by atoms with Gasteiger partial charge in [0, 0.05) is 31.9 Å². The quantitative estimate of drug-likeness (QED) is 0.798. The van der Waals surface area contributed by atoms with Crippen molar-refractivity contribution in [1.82, 2.24) is 9.88 Å². The fourth-order valence-electron chi connectivity index (χ4n) is 3.69. The minimum absolute atomic E-state index is 0.761. The first-order valence-corrected chi connectivity index (χ1v) is 7.65. The fraction of sp³-hybridized carbons (Fsp3) is 0.588. The second-order valence-electron chi connectivity index (χ2n) is 6.20.